The van der Waals surface area contributed by atoms with E-state index in [2.05, 4.69) is 39.2 Å². The number of fused-ring (bicyclic) bond motifs is 1. The van der Waals surface area contributed by atoms with Crippen molar-refractivity contribution >= 4 is 27.4 Å². The van der Waals surface area contributed by atoms with Crippen LogP contribution in [0.2, 0.25) is 0 Å². The van der Waals surface area contributed by atoms with Gasteiger partial charge in [-0.2, -0.15) is 19.7 Å². The molecule has 25 heavy (non-hydrogen) atoms. The molecule has 126 valence electrons. The predicted octanol–water partition coefficient (Wildman–Crippen LogP) is 3.64. The Hall–Kier alpha value is -2.87. The van der Waals surface area contributed by atoms with Gasteiger partial charge in [-0.25, -0.2) is 9.37 Å². The van der Waals surface area contributed by atoms with Crippen molar-refractivity contribution in [2.24, 2.45) is 0 Å². The molecule has 1 aromatic carbocycles. The maximum absolute atomic E-state index is 13.1. The zero-order valence-electron chi connectivity index (χ0n) is 13.7. The molecule has 6 nitrogen and oxygen atoms in total. The van der Waals surface area contributed by atoms with Gasteiger partial charge in [-0.15, -0.1) is 11.3 Å². The zero-order chi connectivity index (χ0) is 17.4. The van der Waals surface area contributed by atoms with Gasteiger partial charge in [0.05, 0.1) is 5.39 Å². The first-order valence-electron chi connectivity index (χ1n) is 7.73. The second-order valence-electron chi connectivity index (χ2n) is 5.66. The lowest BCUT2D eigenvalue weighted by Gasteiger charge is -2.09. The summed E-state index contributed by atoms with van der Waals surface area (Å²) in [5.41, 5.74) is 2.13. The Balaban J connectivity index is 1.76. The quantitative estimate of drug-likeness (QED) is 0.606. The Kier molecular flexibility index (Phi) is 3.89. The number of benzene rings is 1. The fraction of sp³-hybridized carbons (Fsp3) is 0.176. The summed E-state index contributed by atoms with van der Waals surface area (Å²) in [6.07, 6.45) is 3.02. The van der Waals surface area contributed by atoms with Crippen molar-refractivity contribution in [3.05, 3.63) is 58.7 Å². The minimum absolute atomic E-state index is 0.244. The van der Waals surface area contributed by atoms with Crippen LogP contribution in [0.3, 0.4) is 0 Å². The number of hydrogen-bond acceptors (Lipinski definition) is 6. The van der Waals surface area contributed by atoms with Gasteiger partial charge >= 0.3 is 0 Å². The first kappa shape index (κ1) is 15.6. The Morgan fingerprint density at radius 1 is 1.16 bits per heavy atom. The standard InChI is InChI=1S/C17H15FN6S/c1-10-11(2)25-16-14(10)15(20-7-12-3-5-13(18)6-4-12)22-17(23-16)24-9-19-8-21-24/h3-6,8-9H,7H2,1-2H3,(H,20,22,23). The molecule has 0 fully saturated rings. The summed E-state index contributed by atoms with van der Waals surface area (Å²) in [5.74, 6) is 0.959. The van der Waals surface area contributed by atoms with Crippen molar-refractivity contribution in [3.63, 3.8) is 0 Å². The fourth-order valence-corrected chi connectivity index (χ4v) is 3.59. The second-order valence-corrected chi connectivity index (χ2v) is 6.86. The molecule has 0 atom stereocenters. The number of nitrogens with zero attached hydrogens (tertiary/aromatic N) is 5. The van der Waals surface area contributed by atoms with E-state index in [0.29, 0.717) is 12.5 Å². The summed E-state index contributed by atoms with van der Waals surface area (Å²) < 4.78 is 14.6. The van der Waals surface area contributed by atoms with E-state index in [1.165, 1.54) is 28.0 Å². The zero-order valence-corrected chi connectivity index (χ0v) is 14.5. The lowest BCUT2D eigenvalue weighted by molar-refractivity contribution is 0.627. The highest BCUT2D eigenvalue weighted by Crippen LogP contribution is 2.33. The van der Waals surface area contributed by atoms with Gasteiger partial charge in [0.1, 0.15) is 29.1 Å². The fourth-order valence-electron chi connectivity index (χ4n) is 2.57. The topological polar surface area (TPSA) is 68.5 Å². The predicted molar refractivity (Wildman–Crippen MR) is 95.5 cm³/mol. The van der Waals surface area contributed by atoms with Gasteiger partial charge in [0.2, 0.25) is 0 Å². The van der Waals surface area contributed by atoms with E-state index < -0.39 is 0 Å². The van der Waals surface area contributed by atoms with Crippen LogP contribution in [0.25, 0.3) is 16.2 Å². The van der Waals surface area contributed by atoms with Crippen LogP contribution in [-0.2, 0) is 6.54 Å². The highest BCUT2D eigenvalue weighted by Gasteiger charge is 2.15. The van der Waals surface area contributed by atoms with E-state index in [1.807, 2.05) is 0 Å². The van der Waals surface area contributed by atoms with Gasteiger partial charge < -0.3 is 5.32 Å². The Bertz CT molecular complexity index is 1020. The van der Waals surface area contributed by atoms with Crippen molar-refractivity contribution in [2.45, 2.75) is 20.4 Å². The minimum atomic E-state index is -0.244. The van der Waals surface area contributed by atoms with E-state index in [9.17, 15) is 4.39 Å². The van der Waals surface area contributed by atoms with E-state index in [0.717, 1.165) is 27.2 Å². The maximum atomic E-state index is 13.1. The molecule has 0 spiro atoms. The summed E-state index contributed by atoms with van der Waals surface area (Å²) in [4.78, 5) is 15.3. The lowest BCUT2D eigenvalue weighted by Crippen LogP contribution is -2.07. The third-order valence-electron chi connectivity index (χ3n) is 4.01. The first-order valence-corrected chi connectivity index (χ1v) is 8.54. The van der Waals surface area contributed by atoms with Gasteiger partial charge in [0.15, 0.2) is 0 Å². The van der Waals surface area contributed by atoms with Crippen molar-refractivity contribution in [1.29, 1.82) is 0 Å². The number of thiophene rings is 1. The molecule has 0 saturated heterocycles. The maximum Gasteiger partial charge on any atom is 0.255 e. The molecule has 1 N–H and O–H groups in total. The summed E-state index contributed by atoms with van der Waals surface area (Å²) in [5, 5.41) is 8.47. The molecular weight excluding hydrogens is 339 g/mol. The lowest BCUT2D eigenvalue weighted by atomic mass is 10.2. The largest absolute Gasteiger partial charge is 0.365 e. The van der Waals surface area contributed by atoms with E-state index in [4.69, 9.17) is 0 Å². The highest BCUT2D eigenvalue weighted by atomic mass is 32.1. The van der Waals surface area contributed by atoms with E-state index >= 15 is 0 Å². The van der Waals surface area contributed by atoms with Crippen LogP contribution in [-0.4, -0.2) is 24.7 Å². The SMILES string of the molecule is Cc1sc2nc(-n3cncn3)nc(NCc3ccc(F)cc3)c2c1C. The molecule has 0 saturated carbocycles. The summed E-state index contributed by atoms with van der Waals surface area (Å²) in [6, 6.07) is 6.41. The van der Waals surface area contributed by atoms with Crippen molar-refractivity contribution in [2.75, 3.05) is 5.32 Å². The molecule has 4 rings (SSSR count). The number of hydrogen-bond donors (Lipinski definition) is 1. The smallest absolute Gasteiger partial charge is 0.255 e. The number of anilines is 1. The molecule has 0 unspecified atom stereocenters. The van der Waals surface area contributed by atoms with Crippen LogP contribution in [0.5, 0.6) is 0 Å². The molecule has 3 aromatic heterocycles. The molecule has 0 aliphatic heterocycles. The van der Waals surface area contributed by atoms with Crippen LogP contribution in [0, 0.1) is 19.7 Å². The number of rotatable bonds is 4. The summed E-state index contributed by atoms with van der Waals surface area (Å²) >= 11 is 1.63. The molecule has 0 radical (unpaired) electrons. The Labute approximate surface area is 147 Å². The molecule has 0 bridgehead atoms. The third kappa shape index (κ3) is 2.96. The van der Waals surface area contributed by atoms with E-state index in [1.54, 1.807) is 29.8 Å². The molecule has 0 amide bonds. The molecule has 0 aliphatic rings. The van der Waals surface area contributed by atoms with Crippen molar-refractivity contribution in [1.82, 2.24) is 24.7 Å². The van der Waals surface area contributed by atoms with Gasteiger partial charge in [-0.1, -0.05) is 12.1 Å². The van der Waals surface area contributed by atoms with Gasteiger partial charge in [-0.05, 0) is 37.1 Å². The van der Waals surface area contributed by atoms with Crippen LogP contribution in [0.1, 0.15) is 16.0 Å². The van der Waals surface area contributed by atoms with Crippen LogP contribution >= 0.6 is 11.3 Å². The average Bonchev–Trinajstić information content (AvgIpc) is 3.23. The summed E-state index contributed by atoms with van der Waals surface area (Å²) in [6.45, 7) is 4.67. The Morgan fingerprint density at radius 2 is 1.96 bits per heavy atom. The molecular formula is C17H15FN6S. The number of nitrogens with one attached hydrogen (secondary N) is 1. The molecule has 8 heteroatoms. The molecule has 0 aliphatic carbocycles. The highest BCUT2D eigenvalue weighted by molar-refractivity contribution is 7.18. The third-order valence-corrected chi connectivity index (χ3v) is 5.11. The van der Waals surface area contributed by atoms with E-state index in [-0.39, 0.29) is 5.82 Å². The average molecular weight is 354 g/mol. The normalized spacial score (nSPS) is 11.2. The monoisotopic (exact) mass is 354 g/mol. The number of halogens is 1. The van der Waals surface area contributed by atoms with Crippen LogP contribution in [0.15, 0.2) is 36.9 Å². The van der Waals surface area contributed by atoms with Crippen molar-refractivity contribution in [3.8, 4) is 5.95 Å². The molecule has 4 aromatic rings. The van der Waals surface area contributed by atoms with Crippen LogP contribution in [0.4, 0.5) is 10.2 Å². The van der Waals surface area contributed by atoms with Crippen molar-refractivity contribution < 1.29 is 4.39 Å². The summed E-state index contributed by atoms with van der Waals surface area (Å²) in [7, 11) is 0. The van der Waals surface area contributed by atoms with Gasteiger partial charge in [0, 0.05) is 11.4 Å². The number of aryl methyl sites for hydroxylation is 2. The van der Waals surface area contributed by atoms with Crippen LogP contribution < -0.4 is 5.32 Å². The Morgan fingerprint density at radius 3 is 2.68 bits per heavy atom. The van der Waals surface area contributed by atoms with Gasteiger partial charge in [-0.3, -0.25) is 0 Å². The minimum Gasteiger partial charge on any atom is -0.365 e. The second kappa shape index (κ2) is 6.21. The van der Waals surface area contributed by atoms with Gasteiger partial charge in [0.25, 0.3) is 5.95 Å². The number of aromatic nitrogens is 5. The first-order chi connectivity index (χ1) is 12.1. The molecule has 3 heterocycles.